The minimum absolute atomic E-state index is 0.0229. The smallest absolute Gasteiger partial charge is 0.329 e. The lowest BCUT2D eigenvalue weighted by Gasteiger charge is -2.30. The fourth-order valence-electron chi connectivity index (χ4n) is 2.31. The molecule has 1 N–H and O–H groups in total. The maximum Gasteiger partial charge on any atom is 0.329 e. The van der Waals surface area contributed by atoms with Crippen LogP contribution in [0.5, 0.6) is 0 Å². The standard InChI is InChI=1S/C17H14Br2N2O4S/c18-14-8-6-12(7-9-14)10-21-17(15(19)16(22)20-26(21,23)24)25-11-13-4-2-1-3-5-13/h1-9H,10-11H2,(H,20,22). The summed E-state index contributed by atoms with van der Waals surface area (Å²) in [6, 6.07) is 16.5. The Morgan fingerprint density at radius 2 is 1.62 bits per heavy atom. The van der Waals surface area contributed by atoms with Crippen LogP contribution in [-0.2, 0) is 32.9 Å². The number of carbonyl (C=O) groups excluding carboxylic acids is 1. The molecule has 26 heavy (non-hydrogen) atoms. The van der Waals surface area contributed by atoms with Crippen LogP contribution < -0.4 is 4.72 Å². The van der Waals surface area contributed by atoms with Gasteiger partial charge in [0.2, 0.25) is 5.88 Å². The molecule has 0 aromatic heterocycles. The van der Waals surface area contributed by atoms with Crippen molar-refractivity contribution in [2.45, 2.75) is 13.2 Å². The number of hydrogen-bond donors (Lipinski definition) is 1. The number of nitrogens with one attached hydrogen (secondary N) is 1. The zero-order valence-corrected chi connectivity index (χ0v) is 17.3. The first-order valence-corrected chi connectivity index (χ1v) is 10.5. The predicted octanol–water partition coefficient (Wildman–Crippen LogP) is 3.41. The van der Waals surface area contributed by atoms with Crippen molar-refractivity contribution < 1.29 is 17.9 Å². The number of rotatable bonds is 5. The molecule has 2 aromatic carbocycles. The van der Waals surface area contributed by atoms with E-state index in [1.54, 1.807) is 12.1 Å². The van der Waals surface area contributed by atoms with Gasteiger partial charge in [0, 0.05) is 4.47 Å². The average Bonchev–Trinajstić information content (AvgIpc) is 2.61. The highest BCUT2D eigenvalue weighted by Crippen LogP contribution is 2.28. The summed E-state index contributed by atoms with van der Waals surface area (Å²) in [6.45, 7) is 0.153. The molecule has 0 bridgehead atoms. The first-order valence-electron chi connectivity index (χ1n) is 7.52. The largest absolute Gasteiger partial charge is 0.473 e. The molecule has 6 nitrogen and oxygen atoms in total. The SMILES string of the molecule is O=C1NS(=O)(=O)N(Cc2ccc(Br)cc2)C(OCc2ccccc2)=C1Br. The Hall–Kier alpha value is -1.84. The van der Waals surface area contributed by atoms with Gasteiger partial charge in [0.05, 0.1) is 6.54 Å². The third kappa shape index (κ3) is 4.28. The normalized spacial score (nSPS) is 16.4. The van der Waals surface area contributed by atoms with Gasteiger partial charge in [-0.2, -0.15) is 8.42 Å². The Morgan fingerprint density at radius 3 is 2.27 bits per heavy atom. The fraction of sp³-hybridized carbons (Fsp3) is 0.118. The molecule has 2 aromatic rings. The highest BCUT2D eigenvalue weighted by Gasteiger charge is 2.37. The third-order valence-corrected chi connectivity index (χ3v) is 6.13. The van der Waals surface area contributed by atoms with Gasteiger partial charge in [0.25, 0.3) is 5.91 Å². The van der Waals surface area contributed by atoms with E-state index in [1.807, 2.05) is 47.2 Å². The summed E-state index contributed by atoms with van der Waals surface area (Å²) in [4.78, 5) is 12.0. The van der Waals surface area contributed by atoms with Crippen molar-refractivity contribution in [2.75, 3.05) is 0 Å². The molecule has 1 aliphatic heterocycles. The number of carbonyl (C=O) groups is 1. The molecule has 1 amide bonds. The van der Waals surface area contributed by atoms with E-state index in [0.717, 1.165) is 19.9 Å². The molecular formula is C17H14Br2N2O4S. The van der Waals surface area contributed by atoms with Crippen LogP contribution in [-0.4, -0.2) is 18.6 Å². The van der Waals surface area contributed by atoms with E-state index in [4.69, 9.17) is 4.74 Å². The van der Waals surface area contributed by atoms with E-state index in [9.17, 15) is 13.2 Å². The topological polar surface area (TPSA) is 75.7 Å². The second-order valence-electron chi connectivity index (χ2n) is 5.46. The minimum Gasteiger partial charge on any atom is -0.473 e. The molecule has 0 spiro atoms. The van der Waals surface area contributed by atoms with Crippen molar-refractivity contribution in [1.29, 1.82) is 0 Å². The number of amides is 1. The predicted molar refractivity (Wildman–Crippen MR) is 104 cm³/mol. The molecule has 0 radical (unpaired) electrons. The molecule has 136 valence electrons. The highest BCUT2D eigenvalue weighted by molar-refractivity contribution is 9.12. The fourth-order valence-corrected chi connectivity index (χ4v) is 4.37. The van der Waals surface area contributed by atoms with E-state index in [-0.39, 0.29) is 23.5 Å². The summed E-state index contributed by atoms with van der Waals surface area (Å²) >= 11 is 6.48. The van der Waals surface area contributed by atoms with Crippen LogP contribution in [0, 0.1) is 0 Å². The number of benzene rings is 2. The van der Waals surface area contributed by atoms with Gasteiger partial charge in [-0.25, -0.2) is 9.03 Å². The van der Waals surface area contributed by atoms with Crippen LogP contribution in [0.15, 0.2) is 69.4 Å². The van der Waals surface area contributed by atoms with Crippen LogP contribution in [0.3, 0.4) is 0 Å². The van der Waals surface area contributed by atoms with E-state index >= 15 is 0 Å². The van der Waals surface area contributed by atoms with Gasteiger partial charge in [-0.15, -0.1) is 0 Å². The van der Waals surface area contributed by atoms with E-state index < -0.39 is 16.1 Å². The summed E-state index contributed by atoms with van der Waals surface area (Å²) in [7, 11) is -4.06. The molecule has 1 heterocycles. The summed E-state index contributed by atoms with van der Waals surface area (Å²) in [6.07, 6.45) is 0. The van der Waals surface area contributed by atoms with E-state index in [2.05, 4.69) is 31.9 Å². The van der Waals surface area contributed by atoms with Gasteiger partial charge in [-0.3, -0.25) is 4.79 Å². The zero-order chi connectivity index (χ0) is 18.7. The van der Waals surface area contributed by atoms with Gasteiger partial charge in [0.1, 0.15) is 11.1 Å². The van der Waals surface area contributed by atoms with Gasteiger partial charge in [-0.1, -0.05) is 58.4 Å². The second-order valence-corrected chi connectivity index (χ2v) is 8.77. The van der Waals surface area contributed by atoms with E-state index in [1.165, 1.54) is 0 Å². The summed E-state index contributed by atoms with van der Waals surface area (Å²) < 4.78 is 34.6. The van der Waals surface area contributed by atoms with Gasteiger partial charge < -0.3 is 4.74 Å². The maximum absolute atomic E-state index is 12.5. The lowest BCUT2D eigenvalue weighted by molar-refractivity contribution is -0.115. The van der Waals surface area contributed by atoms with Crippen molar-refractivity contribution in [3.8, 4) is 0 Å². The molecule has 1 aliphatic rings. The van der Waals surface area contributed by atoms with Crippen molar-refractivity contribution in [1.82, 2.24) is 9.03 Å². The van der Waals surface area contributed by atoms with Crippen molar-refractivity contribution >= 4 is 48.0 Å². The Labute approximate surface area is 168 Å². The summed E-state index contributed by atoms with van der Waals surface area (Å²) in [5, 5.41) is 0. The summed E-state index contributed by atoms with van der Waals surface area (Å²) in [5.74, 6) is -0.805. The van der Waals surface area contributed by atoms with Crippen LogP contribution in [0.25, 0.3) is 0 Å². The van der Waals surface area contributed by atoms with Gasteiger partial charge in [-0.05, 0) is 39.2 Å². The van der Waals surface area contributed by atoms with E-state index in [0.29, 0.717) is 0 Å². The quantitative estimate of drug-likeness (QED) is 0.681. The minimum atomic E-state index is -4.06. The van der Waals surface area contributed by atoms with Crippen LogP contribution in [0.2, 0.25) is 0 Å². The Morgan fingerprint density at radius 1 is 0.962 bits per heavy atom. The van der Waals surface area contributed by atoms with Crippen molar-refractivity contribution in [3.05, 3.63) is 80.6 Å². The van der Waals surface area contributed by atoms with Gasteiger partial charge >= 0.3 is 10.2 Å². The second kappa shape index (κ2) is 7.81. The molecule has 0 saturated carbocycles. The van der Waals surface area contributed by atoms with Crippen molar-refractivity contribution in [3.63, 3.8) is 0 Å². The van der Waals surface area contributed by atoms with Crippen LogP contribution >= 0.6 is 31.9 Å². The molecule has 0 aliphatic carbocycles. The lowest BCUT2D eigenvalue weighted by Crippen LogP contribution is -2.48. The number of nitrogens with zero attached hydrogens (tertiary/aromatic N) is 1. The lowest BCUT2D eigenvalue weighted by atomic mass is 10.2. The highest BCUT2D eigenvalue weighted by atomic mass is 79.9. The molecule has 0 atom stereocenters. The molecule has 0 unspecified atom stereocenters. The average molecular weight is 502 g/mol. The number of ether oxygens (including phenoxy) is 1. The monoisotopic (exact) mass is 500 g/mol. The third-order valence-electron chi connectivity index (χ3n) is 3.58. The molecule has 3 rings (SSSR count). The number of halogens is 2. The van der Waals surface area contributed by atoms with Gasteiger partial charge in [0.15, 0.2) is 0 Å². The molecule has 0 saturated heterocycles. The maximum atomic E-state index is 12.5. The Balaban J connectivity index is 1.91. The number of hydrogen-bond acceptors (Lipinski definition) is 4. The van der Waals surface area contributed by atoms with Crippen LogP contribution in [0.4, 0.5) is 0 Å². The first-order chi connectivity index (χ1) is 12.4. The zero-order valence-electron chi connectivity index (χ0n) is 13.4. The summed E-state index contributed by atoms with van der Waals surface area (Å²) in [5.41, 5.74) is 1.60. The Kier molecular flexibility index (Phi) is 5.69. The Bertz CT molecular complexity index is 944. The van der Waals surface area contributed by atoms with Crippen LogP contribution in [0.1, 0.15) is 11.1 Å². The molecular weight excluding hydrogens is 488 g/mol. The van der Waals surface area contributed by atoms with Crippen molar-refractivity contribution in [2.24, 2.45) is 0 Å². The molecule has 9 heteroatoms. The molecule has 0 fully saturated rings. The first kappa shape index (κ1) is 18.9.